The normalized spacial score (nSPS) is 11.1. The van der Waals surface area contributed by atoms with E-state index >= 15 is 0 Å². The second-order valence-electron chi connectivity index (χ2n) is 4.92. The molecule has 7 heteroatoms. The van der Waals surface area contributed by atoms with Gasteiger partial charge in [0.15, 0.2) is 0 Å². The molecule has 20 heavy (non-hydrogen) atoms. The van der Waals surface area contributed by atoms with E-state index in [0.717, 1.165) is 0 Å². The smallest absolute Gasteiger partial charge is 0.329 e. The van der Waals surface area contributed by atoms with Crippen LogP contribution in [0.25, 0.3) is 0 Å². The minimum absolute atomic E-state index is 0.120. The van der Waals surface area contributed by atoms with Crippen molar-refractivity contribution in [3.05, 3.63) is 22.4 Å². The fraction of sp³-hybridized carbons (Fsp3) is 0.538. The molecular formula is C13H20N2O4S. The summed E-state index contributed by atoms with van der Waals surface area (Å²) in [4.78, 5) is 23.0. The molecule has 6 nitrogen and oxygen atoms in total. The number of urea groups is 1. The largest absolute Gasteiger partial charge is 0.480 e. The molecule has 0 aromatic carbocycles. The average molecular weight is 300 g/mol. The Labute approximate surface area is 122 Å². The van der Waals surface area contributed by atoms with Crippen molar-refractivity contribution in [2.45, 2.75) is 19.3 Å². The highest BCUT2D eigenvalue weighted by molar-refractivity contribution is 7.10. The van der Waals surface area contributed by atoms with Crippen LogP contribution in [0.4, 0.5) is 4.79 Å². The second kappa shape index (κ2) is 7.86. The van der Waals surface area contributed by atoms with Crippen LogP contribution in [-0.2, 0) is 14.9 Å². The standard InChI is InChI=1S/C13H20N2O4S/c1-13(2,10-4-3-7-20-10)9-15-12(18)14-5-6-19-8-11(16)17/h3-4,7H,5-6,8-9H2,1-2H3,(H,16,17)(H2,14,15,18). The molecule has 1 aromatic rings. The maximum Gasteiger partial charge on any atom is 0.329 e. The number of carbonyl (C=O) groups excluding carboxylic acids is 1. The molecule has 0 aliphatic carbocycles. The lowest BCUT2D eigenvalue weighted by molar-refractivity contribution is -0.142. The van der Waals surface area contributed by atoms with Crippen molar-refractivity contribution in [3.63, 3.8) is 0 Å². The first kappa shape index (κ1) is 16.5. The van der Waals surface area contributed by atoms with Gasteiger partial charge in [-0.3, -0.25) is 0 Å². The number of hydrogen-bond acceptors (Lipinski definition) is 4. The zero-order valence-corrected chi connectivity index (χ0v) is 12.5. The van der Waals surface area contributed by atoms with Crippen LogP contribution in [0.3, 0.4) is 0 Å². The maximum absolute atomic E-state index is 11.6. The van der Waals surface area contributed by atoms with E-state index in [2.05, 4.69) is 24.5 Å². The monoisotopic (exact) mass is 300 g/mol. The van der Waals surface area contributed by atoms with Crippen molar-refractivity contribution in [2.75, 3.05) is 26.3 Å². The van der Waals surface area contributed by atoms with Gasteiger partial charge in [0.25, 0.3) is 0 Å². The third-order valence-electron chi connectivity index (χ3n) is 2.64. The summed E-state index contributed by atoms with van der Waals surface area (Å²) in [5, 5.41) is 15.8. The number of hydrogen-bond donors (Lipinski definition) is 3. The second-order valence-corrected chi connectivity index (χ2v) is 5.86. The van der Waals surface area contributed by atoms with E-state index in [0.29, 0.717) is 6.54 Å². The van der Waals surface area contributed by atoms with Gasteiger partial charge in [0.05, 0.1) is 6.61 Å². The predicted octanol–water partition coefficient (Wildman–Crippen LogP) is 1.43. The minimum Gasteiger partial charge on any atom is -0.480 e. The Hall–Kier alpha value is -1.60. The molecule has 0 aliphatic heterocycles. The highest BCUT2D eigenvalue weighted by Crippen LogP contribution is 2.26. The Balaban J connectivity index is 2.18. The topological polar surface area (TPSA) is 87.7 Å². The van der Waals surface area contributed by atoms with Gasteiger partial charge < -0.3 is 20.5 Å². The number of ether oxygens (including phenoxy) is 1. The first-order chi connectivity index (χ1) is 9.42. The molecular weight excluding hydrogens is 280 g/mol. The maximum atomic E-state index is 11.6. The molecule has 0 aliphatic rings. The van der Waals surface area contributed by atoms with Crippen LogP contribution in [0.5, 0.6) is 0 Å². The van der Waals surface area contributed by atoms with Gasteiger partial charge >= 0.3 is 12.0 Å². The molecule has 0 saturated carbocycles. The van der Waals surface area contributed by atoms with E-state index in [1.807, 2.05) is 17.5 Å². The molecule has 1 heterocycles. The number of carboxylic acid groups (broad SMARTS) is 1. The zero-order chi connectivity index (χ0) is 15.0. The van der Waals surface area contributed by atoms with Gasteiger partial charge in [0.2, 0.25) is 0 Å². The molecule has 0 saturated heterocycles. The van der Waals surface area contributed by atoms with Crippen LogP contribution < -0.4 is 10.6 Å². The van der Waals surface area contributed by atoms with E-state index in [1.54, 1.807) is 11.3 Å². The summed E-state index contributed by atoms with van der Waals surface area (Å²) in [6.07, 6.45) is 0. The SMILES string of the molecule is CC(C)(CNC(=O)NCCOCC(=O)O)c1cccs1. The number of nitrogens with one attached hydrogen (secondary N) is 2. The summed E-state index contributed by atoms with van der Waals surface area (Å²) >= 11 is 1.66. The summed E-state index contributed by atoms with van der Waals surface area (Å²) in [6.45, 7) is 4.75. The van der Waals surface area contributed by atoms with Crippen LogP contribution in [0.2, 0.25) is 0 Å². The molecule has 0 atom stereocenters. The fourth-order valence-electron chi connectivity index (χ4n) is 1.51. The van der Waals surface area contributed by atoms with Crippen molar-refractivity contribution >= 4 is 23.3 Å². The molecule has 1 aromatic heterocycles. The van der Waals surface area contributed by atoms with Crippen molar-refractivity contribution in [3.8, 4) is 0 Å². The third kappa shape index (κ3) is 6.03. The Morgan fingerprint density at radius 1 is 1.40 bits per heavy atom. The molecule has 0 spiro atoms. The Kier molecular flexibility index (Phi) is 6.47. The number of carboxylic acids is 1. The van der Waals surface area contributed by atoms with Crippen molar-refractivity contribution in [2.24, 2.45) is 0 Å². The summed E-state index contributed by atoms with van der Waals surface area (Å²) in [5.41, 5.74) is -0.120. The average Bonchev–Trinajstić information content (AvgIpc) is 2.90. The number of carbonyl (C=O) groups is 2. The first-order valence-corrected chi connectivity index (χ1v) is 7.15. The lowest BCUT2D eigenvalue weighted by atomic mass is 9.91. The van der Waals surface area contributed by atoms with Crippen LogP contribution in [0.1, 0.15) is 18.7 Å². The van der Waals surface area contributed by atoms with Gasteiger partial charge in [0, 0.05) is 23.4 Å². The zero-order valence-electron chi connectivity index (χ0n) is 11.6. The first-order valence-electron chi connectivity index (χ1n) is 6.27. The van der Waals surface area contributed by atoms with Crippen LogP contribution >= 0.6 is 11.3 Å². The van der Waals surface area contributed by atoms with E-state index in [-0.39, 0.29) is 31.2 Å². The molecule has 1 rings (SSSR count). The summed E-state index contributed by atoms with van der Waals surface area (Å²) in [5.74, 6) is -1.02. The number of amides is 2. The molecule has 0 fully saturated rings. The highest BCUT2D eigenvalue weighted by atomic mass is 32.1. The lowest BCUT2D eigenvalue weighted by Crippen LogP contribution is -2.43. The molecule has 112 valence electrons. The summed E-state index contributed by atoms with van der Waals surface area (Å²) < 4.78 is 4.81. The van der Waals surface area contributed by atoms with Gasteiger partial charge in [-0.1, -0.05) is 19.9 Å². The van der Waals surface area contributed by atoms with Gasteiger partial charge in [0.1, 0.15) is 6.61 Å². The summed E-state index contributed by atoms with van der Waals surface area (Å²) in [6, 6.07) is 3.75. The van der Waals surface area contributed by atoms with Gasteiger partial charge in [-0.2, -0.15) is 0 Å². The van der Waals surface area contributed by atoms with Crippen LogP contribution in [0.15, 0.2) is 17.5 Å². The molecule has 2 amide bonds. The number of rotatable bonds is 8. The van der Waals surface area contributed by atoms with E-state index in [1.165, 1.54) is 4.88 Å². The fourth-order valence-corrected chi connectivity index (χ4v) is 2.36. The third-order valence-corrected chi connectivity index (χ3v) is 3.87. The van der Waals surface area contributed by atoms with Crippen LogP contribution in [0, 0.1) is 0 Å². The molecule has 3 N–H and O–H groups in total. The van der Waals surface area contributed by atoms with Gasteiger partial charge in [-0.15, -0.1) is 11.3 Å². The number of aliphatic carboxylic acids is 1. The van der Waals surface area contributed by atoms with Crippen molar-refractivity contribution in [1.29, 1.82) is 0 Å². The van der Waals surface area contributed by atoms with E-state index in [4.69, 9.17) is 9.84 Å². The highest BCUT2D eigenvalue weighted by Gasteiger charge is 2.22. The van der Waals surface area contributed by atoms with Crippen LogP contribution in [-0.4, -0.2) is 43.4 Å². The number of thiophene rings is 1. The van der Waals surface area contributed by atoms with E-state index in [9.17, 15) is 9.59 Å². The Morgan fingerprint density at radius 3 is 2.75 bits per heavy atom. The lowest BCUT2D eigenvalue weighted by Gasteiger charge is -2.23. The molecule has 0 bridgehead atoms. The predicted molar refractivity (Wildman–Crippen MR) is 77.2 cm³/mol. The van der Waals surface area contributed by atoms with E-state index < -0.39 is 5.97 Å². The minimum atomic E-state index is -1.02. The van der Waals surface area contributed by atoms with Crippen molar-refractivity contribution < 1.29 is 19.4 Å². The Morgan fingerprint density at radius 2 is 2.15 bits per heavy atom. The quantitative estimate of drug-likeness (QED) is 0.634. The Bertz CT molecular complexity index is 432. The van der Waals surface area contributed by atoms with Crippen molar-refractivity contribution in [1.82, 2.24) is 10.6 Å². The van der Waals surface area contributed by atoms with Gasteiger partial charge in [-0.05, 0) is 11.4 Å². The molecule has 0 unspecified atom stereocenters. The summed E-state index contributed by atoms with van der Waals surface area (Å²) in [7, 11) is 0. The van der Waals surface area contributed by atoms with Gasteiger partial charge in [-0.25, -0.2) is 9.59 Å². The molecule has 0 radical (unpaired) electrons.